The van der Waals surface area contributed by atoms with Crippen molar-refractivity contribution >= 4 is 0 Å². The molecule has 0 saturated heterocycles. The van der Waals surface area contributed by atoms with E-state index in [4.69, 9.17) is 4.74 Å². The van der Waals surface area contributed by atoms with Crippen molar-refractivity contribution in [3.63, 3.8) is 0 Å². The van der Waals surface area contributed by atoms with Gasteiger partial charge in [-0.15, -0.1) is 10.2 Å². The molecule has 5 nitrogen and oxygen atoms in total. The zero-order chi connectivity index (χ0) is 18.8. The van der Waals surface area contributed by atoms with Gasteiger partial charge in [-0.2, -0.15) is 0 Å². The first-order chi connectivity index (χ1) is 13.2. The number of rotatable bonds is 4. The number of benzene rings is 3. The van der Waals surface area contributed by atoms with E-state index in [0.29, 0.717) is 17.2 Å². The van der Waals surface area contributed by atoms with Gasteiger partial charge < -0.3 is 9.84 Å². The minimum Gasteiger partial charge on any atom is -0.507 e. The molecule has 5 heteroatoms. The van der Waals surface area contributed by atoms with Crippen LogP contribution >= 0.6 is 0 Å². The molecule has 0 radical (unpaired) electrons. The molecule has 0 amide bonds. The average Bonchev–Trinajstić information content (AvgIpc) is 3.14. The molecule has 4 aromatic rings. The average molecular weight is 357 g/mol. The molecular formula is C22H19N3O2. The van der Waals surface area contributed by atoms with E-state index in [1.54, 1.807) is 19.2 Å². The molecule has 0 fully saturated rings. The van der Waals surface area contributed by atoms with Crippen LogP contribution in [0.25, 0.3) is 28.5 Å². The Morgan fingerprint density at radius 3 is 2.15 bits per heavy atom. The van der Waals surface area contributed by atoms with Gasteiger partial charge >= 0.3 is 0 Å². The van der Waals surface area contributed by atoms with Crippen LogP contribution in [0.2, 0.25) is 0 Å². The van der Waals surface area contributed by atoms with E-state index in [9.17, 15) is 5.11 Å². The Morgan fingerprint density at radius 2 is 1.48 bits per heavy atom. The second-order valence-electron chi connectivity index (χ2n) is 6.26. The minimum absolute atomic E-state index is 0.162. The molecule has 1 heterocycles. The van der Waals surface area contributed by atoms with Crippen LogP contribution < -0.4 is 4.74 Å². The first-order valence-electron chi connectivity index (χ1n) is 8.62. The van der Waals surface area contributed by atoms with Crippen LogP contribution in [0, 0.1) is 6.92 Å². The van der Waals surface area contributed by atoms with Crippen LogP contribution in [0.15, 0.2) is 72.8 Å². The lowest BCUT2D eigenvalue weighted by atomic mass is 10.1. The number of para-hydroxylation sites is 1. The van der Waals surface area contributed by atoms with Crippen molar-refractivity contribution in [3.8, 4) is 40.0 Å². The lowest BCUT2D eigenvalue weighted by molar-refractivity contribution is 0.415. The third kappa shape index (κ3) is 3.15. The summed E-state index contributed by atoms with van der Waals surface area (Å²) in [5, 5.41) is 19.1. The van der Waals surface area contributed by atoms with Gasteiger partial charge in [0.05, 0.1) is 12.7 Å². The zero-order valence-corrected chi connectivity index (χ0v) is 15.1. The summed E-state index contributed by atoms with van der Waals surface area (Å²) in [7, 11) is 1.64. The number of ether oxygens (including phenoxy) is 1. The van der Waals surface area contributed by atoms with Gasteiger partial charge in [-0.25, -0.2) is 0 Å². The van der Waals surface area contributed by atoms with Gasteiger partial charge in [-0.1, -0.05) is 42.0 Å². The van der Waals surface area contributed by atoms with E-state index in [-0.39, 0.29) is 5.75 Å². The summed E-state index contributed by atoms with van der Waals surface area (Å²) in [6.45, 7) is 2.05. The molecule has 4 rings (SSSR count). The van der Waals surface area contributed by atoms with Gasteiger partial charge in [-0.05, 0) is 43.3 Å². The lowest BCUT2D eigenvalue weighted by Crippen LogP contribution is -2.00. The maximum absolute atomic E-state index is 10.3. The summed E-state index contributed by atoms with van der Waals surface area (Å²) in [4.78, 5) is 0. The van der Waals surface area contributed by atoms with Gasteiger partial charge in [0.15, 0.2) is 11.6 Å². The Labute approximate surface area is 157 Å². The lowest BCUT2D eigenvalue weighted by Gasteiger charge is -2.12. The van der Waals surface area contributed by atoms with E-state index in [0.717, 1.165) is 17.0 Å². The van der Waals surface area contributed by atoms with Crippen LogP contribution in [-0.2, 0) is 0 Å². The van der Waals surface area contributed by atoms with Crippen molar-refractivity contribution in [2.75, 3.05) is 7.11 Å². The Balaban J connectivity index is 1.95. The maximum Gasteiger partial charge on any atom is 0.172 e. The number of aromatic hydroxyl groups is 1. The van der Waals surface area contributed by atoms with Crippen molar-refractivity contribution in [2.45, 2.75) is 6.92 Å². The standard InChI is InChI=1S/C22H19N3O2/c1-15-7-9-16(10-8-15)21-23-24-22(19-5-3-4-6-20(19)26)25(21)17-11-13-18(27-2)14-12-17/h3-14,26H,1-2H3. The van der Waals surface area contributed by atoms with E-state index >= 15 is 0 Å². The monoisotopic (exact) mass is 357 g/mol. The van der Waals surface area contributed by atoms with Crippen molar-refractivity contribution in [1.29, 1.82) is 0 Å². The minimum atomic E-state index is 0.162. The predicted molar refractivity (Wildman–Crippen MR) is 105 cm³/mol. The number of hydrogen-bond acceptors (Lipinski definition) is 4. The summed E-state index contributed by atoms with van der Waals surface area (Å²) in [5.74, 6) is 2.22. The van der Waals surface area contributed by atoms with Crippen molar-refractivity contribution in [1.82, 2.24) is 14.8 Å². The van der Waals surface area contributed by atoms with Crippen LogP contribution in [0.4, 0.5) is 0 Å². The van der Waals surface area contributed by atoms with Crippen LogP contribution in [0.3, 0.4) is 0 Å². The Morgan fingerprint density at radius 1 is 0.815 bits per heavy atom. The molecule has 0 spiro atoms. The van der Waals surface area contributed by atoms with Crippen molar-refractivity contribution in [2.24, 2.45) is 0 Å². The Kier molecular flexibility index (Phi) is 4.34. The molecule has 134 valence electrons. The number of phenols is 1. The van der Waals surface area contributed by atoms with E-state index in [2.05, 4.69) is 10.2 Å². The normalized spacial score (nSPS) is 10.7. The molecule has 0 aliphatic heterocycles. The molecular weight excluding hydrogens is 338 g/mol. The zero-order valence-electron chi connectivity index (χ0n) is 15.1. The maximum atomic E-state index is 10.3. The Bertz CT molecular complexity index is 1070. The predicted octanol–water partition coefficient (Wildman–Crippen LogP) is 4.62. The van der Waals surface area contributed by atoms with Gasteiger partial charge in [0, 0.05) is 11.3 Å². The highest BCUT2D eigenvalue weighted by atomic mass is 16.5. The third-order valence-corrected chi connectivity index (χ3v) is 4.45. The topological polar surface area (TPSA) is 60.2 Å². The SMILES string of the molecule is COc1ccc(-n2c(-c3ccc(C)cc3)nnc2-c2ccccc2O)cc1. The number of hydrogen-bond donors (Lipinski definition) is 1. The fraction of sp³-hybridized carbons (Fsp3) is 0.0909. The molecule has 0 unspecified atom stereocenters. The summed E-state index contributed by atoms with van der Waals surface area (Å²) in [5.41, 5.74) is 3.63. The highest BCUT2D eigenvalue weighted by Crippen LogP contribution is 2.33. The second-order valence-corrected chi connectivity index (χ2v) is 6.26. The number of methoxy groups -OCH3 is 1. The van der Waals surface area contributed by atoms with Gasteiger partial charge in [0.2, 0.25) is 0 Å². The molecule has 0 saturated carbocycles. The van der Waals surface area contributed by atoms with Crippen LogP contribution in [0.5, 0.6) is 11.5 Å². The first kappa shape index (κ1) is 16.8. The van der Waals surface area contributed by atoms with Gasteiger partial charge in [0.25, 0.3) is 0 Å². The van der Waals surface area contributed by atoms with Gasteiger partial charge in [-0.3, -0.25) is 4.57 Å². The van der Waals surface area contributed by atoms with Crippen LogP contribution in [0.1, 0.15) is 5.56 Å². The number of aromatic nitrogens is 3. The first-order valence-corrected chi connectivity index (χ1v) is 8.62. The second kappa shape index (κ2) is 6.96. The quantitative estimate of drug-likeness (QED) is 0.579. The summed E-state index contributed by atoms with van der Waals surface area (Å²) in [6.07, 6.45) is 0. The van der Waals surface area contributed by atoms with Crippen LogP contribution in [-0.4, -0.2) is 27.0 Å². The van der Waals surface area contributed by atoms with Gasteiger partial charge in [0.1, 0.15) is 11.5 Å². The molecule has 27 heavy (non-hydrogen) atoms. The largest absolute Gasteiger partial charge is 0.507 e. The van der Waals surface area contributed by atoms with E-state index in [1.165, 1.54) is 5.56 Å². The van der Waals surface area contributed by atoms with E-state index < -0.39 is 0 Å². The molecule has 3 aromatic carbocycles. The van der Waals surface area contributed by atoms with E-state index in [1.807, 2.05) is 72.2 Å². The highest BCUT2D eigenvalue weighted by Gasteiger charge is 2.19. The molecule has 0 aliphatic rings. The molecule has 1 N–H and O–H groups in total. The molecule has 0 atom stereocenters. The number of nitrogens with zero attached hydrogens (tertiary/aromatic N) is 3. The fourth-order valence-corrected chi connectivity index (χ4v) is 2.99. The summed E-state index contributed by atoms with van der Waals surface area (Å²) < 4.78 is 7.21. The van der Waals surface area contributed by atoms with Crippen molar-refractivity contribution in [3.05, 3.63) is 78.4 Å². The fourth-order valence-electron chi connectivity index (χ4n) is 2.99. The number of phenolic OH excluding ortho intramolecular Hbond substituents is 1. The van der Waals surface area contributed by atoms with Crippen molar-refractivity contribution < 1.29 is 9.84 Å². The highest BCUT2D eigenvalue weighted by molar-refractivity contribution is 5.70. The summed E-state index contributed by atoms with van der Waals surface area (Å²) in [6, 6.07) is 22.9. The number of aryl methyl sites for hydroxylation is 1. The molecule has 1 aromatic heterocycles. The molecule has 0 bridgehead atoms. The Hall–Kier alpha value is -3.60. The summed E-state index contributed by atoms with van der Waals surface area (Å²) >= 11 is 0. The molecule has 0 aliphatic carbocycles. The smallest absolute Gasteiger partial charge is 0.172 e. The third-order valence-electron chi connectivity index (χ3n) is 4.45.